The molecule has 4 nitrogen and oxygen atoms in total. The average molecular weight is 577 g/mol. The van der Waals surface area contributed by atoms with Crippen molar-refractivity contribution in [3.63, 3.8) is 0 Å². The molecule has 3 fully saturated rings. The molecule has 0 aromatic heterocycles. The van der Waals surface area contributed by atoms with E-state index in [4.69, 9.17) is 4.74 Å². The highest BCUT2D eigenvalue weighted by Crippen LogP contribution is 2.67. The molecule has 0 aliphatic heterocycles. The molecular weight excluding hydrogens is 539 g/mol. The number of aliphatic hydroxyl groups is 1. The molecule has 0 bridgehead atoms. The predicted molar refractivity (Wildman–Crippen MR) is 140 cm³/mol. The summed E-state index contributed by atoms with van der Waals surface area (Å²) in [4.78, 5) is 25.4. The van der Waals surface area contributed by atoms with Gasteiger partial charge in [-0.05, 0) is 122 Å². The van der Waals surface area contributed by atoms with Gasteiger partial charge >= 0.3 is 5.97 Å². The molecule has 4 aliphatic rings. The van der Waals surface area contributed by atoms with Crippen molar-refractivity contribution in [2.45, 2.75) is 84.3 Å². The van der Waals surface area contributed by atoms with Gasteiger partial charge in [-0.2, -0.15) is 0 Å². The normalized spacial score (nSPS) is 43.2. The molecule has 184 valence electrons. The number of benzene rings is 1. The van der Waals surface area contributed by atoms with Crippen molar-refractivity contribution in [1.29, 1.82) is 0 Å². The van der Waals surface area contributed by atoms with Crippen LogP contribution in [0.15, 0.2) is 35.9 Å². The standard InChI is InChI=1S/C29H37IO4/c1-17-14-25-23-9-8-20-16-22(34-26(32)19-6-5-7-21(30)15-19)10-12-27(20,3)24(23)11-13-28(25,4)29(17,33)18(2)31/h5-7,11,15,17,20,22-23,25,33H,8-10,12-14,16H2,1-4H3/t17-,20-,22-,23-,25+,27+,28-,29+/m0/s1. The molecule has 1 aromatic carbocycles. The topological polar surface area (TPSA) is 63.6 Å². The molecule has 8 atom stereocenters. The van der Waals surface area contributed by atoms with Crippen LogP contribution in [0.2, 0.25) is 0 Å². The third kappa shape index (κ3) is 3.47. The highest BCUT2D eigenvalue weighted by Gasteiger charge is 2.66. The smallest absolute Gasteiger partial charge is 0.338 e. The van der Waals surface area contributed by atoms with Crippen molar-refractivity contribution in [2.24, 2.45) is 34.5 Å². The summed E-state index contributed by atoms with van der Waals surface area (Å²) in [5.41, 5.74) is 0.712. The third-order valence-electron chi connectivity index (χ3n) is 10.4. The fraction of sp³-hybridized carbons (Fsp3) is 0.655. The van der Waals surface area contributed by atoms with Crippen molar-refractivity contribution in [3.8, 4) is 0 Å². The number of esters is 1. The van der Waals surface area contributed by atoms with Gasteiger partial charge in [0, 0.05) is 8.99 Å². The Morgan fingerprint density at radius 2 is 1.91 bits per heavy atom. The maximum Gasteiger partial charge on any atom is 0.338 e. The Hall–Kier alpha value is -1.21. The summed E-state index contributed by atoms with van der Waals surface area (Å²) in [5.74, 6) is 1.02. The second kappa shape index (κ2) is 8.43. The Morgan fingerprint density at radius 3 is 2.62 bits per heavy atom. The van der Waals surface area contributed by atoms with Crippen LogP contribution in [0, 0.1) is 38.1 Å². The number of rotatable bonds is 3. The third-order valence-corrected chi connectivity index (χ3v) is 11.1. The lowest BCUT2D eigenvalue weighted by atomic mass is 9.48. The number of carbonyl (C=O) groups excluding carboxylic acids is 2. The number of hydrogen-bond acceptors (Lipinski definition) is 4. The zero-order valence-corrected chi connectivity index (χ0v) is 22.9. The van der Waals surface area contributed by atoms with Gasteiger partial charge in [-0.25, -0.2) is 4.79 Å². The van der Waals surface area contributed by atoms with E-state index in [0.29, 0.717) is 23.3 Å². The predicted octanol–water partition coefficient (Wildman–Crippen LogP) is 6.35. The van der Waals surface area contributed by atoms with Gasteiger partial charge in [-0.3, -0.25) is 4.79 Å². The summed E-state index contributed by atoms with van der Waals surface area (Å²) >= 11 is 2.22. The summed E-state index contributed by atoms with van der Waals surface area (Å²) in [6.45, 7) is 8.21. The van der Waals surface area contributed by atoms with Crippen molar-refractivity contribution < 1.29 is 19.4 Å². The van der Waals surface area contributed by atoms with E-state index < -0.39 is 5.60 Å². The number of ether oxygens (including phenoxy) is 1. The second-order valence-corrected chi connectivity index (χ2v) is 13.2. The number of fused-ring (bicyclic) bond motifs is 5. The molecule has 1 N–H and O–H groups in total. The minimum Gasteiger partial charge on any atom is -0.459 e. The number of carbonyl (C=O) groups is 2. The Kier molecular flexibility index (Phi) is 6.07. The summed E-state index contributed by atoms with van der Waals surface area (Å²) in [6.07, 6.45) is 9.14. The van der Waals surface area contributed by atoms with E-state index in [1.165, 1.54) is 0 Å². The van der Waals surface area contributed by atoms with Crippen LogP contribution in [0.3, 0.4) is 0 Å². The summed E-state index contributed by atoms with van der Waals surface area (Å²) < 4.78 is 7.02. The van der Waals surface area contributed by atoms with Gasteiger partial charge in [0.15, 0.2) is 5.78 Å². The average Bonchev–Trinajstić information content (AvgIpc) is 3.01. The van der Waals surface area contributed by atoms with E-state index in [1.807, 2.05) is 24.3 Å². The van der Waals surface area contributed by atoms with Crippen molar-refractivity contribution in [2.75, 3.05) is 0 Å². The number of Topliss-reactive ketones (excluding diaryl/α,β-unsaturated/α-hetero) is 1. The molecule has 3 saturated carbocycles. The van der Waals surface area contributed by atoms with E-state index in [0.717, 1.165) is 48.5 Å². The molecule has 5 heteroatoms. The first-order valence-electron chi connectivity index (χ1n) is 12.9. The molecular formula is C29H37IO4. The van der Waals surface area contributed by atoms with Crippen LogP contribution < -0.4 is 0 Å². The zero-order chi connectivity index (χ0) is 24.5. The quantitative estimate of drug-likeness (QED) is 0.259. The number of hydrogen-bond donors (Lipinski definition) is 1. The fourth-order valence-electron chi connectivity index (χ4n) is 8.52. The van der Waals surface area contributed by atoms with Crippen LogP contribution in [-0.2, 0) is 9.53 Å². The minimum atomic E-state index is -1.22. The Balaban J connectivity index is 1.35. The lowest BCUT2D eigenvalue weighted by molar-refractivity contribution is -0.156. The van der Waals surface area contributed by atoms with E-state index in [2.05, 4.69) is 49.4 Å². The molecule has 0 unspecified atom stereocenters. The van der Waals surface area contributed by atoms with Crippen LogP contribution in [0.1, 0.15) is 83.0 Å². The van der Waals surface area contributed by atoms with Crippen molar-refractivity contribution in [3.05, 3.63) is 45.0 Å². The molecule has 1 aromatic rings. The summed E-state index contributed by atoms with van der Waals surface area (Å²) in [7, 11) is 0. The lowest BCUT2D eigenvalue weighted by Crippen LogP contribution is -2.56. The van der Waals surface area contributed by atoms with Gasteiger partial charge in [0.25, 0.3) is 0 Å². The fourth-order valence-corrected chi connectivity index (χ4v) is 9.07. The first-order valence-corrected chi connectivity index (χ1v) is 14.0. The summed E-state index contributed by atoms with van der Waals surface area (Å²) in [5, 5.41) is 11.6. The zero-order valence-electron chi connectivity index (χ0n) is 20.8. The van der Waals surface area contributed by atoms with Gasteiger partial charge in [-0.15, -0.1) is 0 Å². The van der Waals surface area contributed by atoms with Gasteiger partial charge < -0.3 is 9.84 Å². The Morgan fingerprint density at radius 1 is 1.15 bits per heavy atom. The van der Waals surface area contributed by atoms with Gasteiger partial charge in [0.05, 0.1) is 5.56 Å². The van der Waals surface area contributed by atoms with Gasteiger partial charge in [-0.1, -0.05) is 38.5 Å². The number of halogens is 1. The first-order chi connectivity index (χ1) is 16.0. The molecule has 0 saturated heterocycles. The maximum absolute atomic E-state index is 12.8. The maximum atomic E-state index is 12.8. The van der Waals surface area contributed by atoms with E-state index in [-0.39, 0.29) is 34.6 Å². The molecule has 4 aliphatic carbocycles. The lowest BCUT2D eigenvalue weighted by Gasteiger charge is -2.57. The van der Waals surface area contributed by atoms with Gasteiger partial charge in [0.2, 0.25) is 0 Å². The van der Waals surface area contributed by atoms with E-state index >= 15 is 0 Å². The molecule has 0 radical (unpaired) electrons. The molecule has 0 amide bonds. The number of allylic oxidation sites excluding steroid dienone is 2. The van der Waals surface area contributed by atoms with Crippen LogP contribution >= 0.6 is 22.6 Å². The van der Waals surface area contributed by atoms with E-state index in [9.17, 15) is 14.7 Å². The minimum absolute atomic E-state index is 0.00512. The molecule has 34 heavy (non-hydrogen) atoms. The van der Waals surface area contributed by atoms with Crippen LogP contribution in [0.4, 0.5) is 0 Å². The SMILES string of the molecule is CC(=O)[C@]1(O)[C@@H](C)C[C@@H]2[C@H]3CC[C@H]4C[C@@H](OC(=O)c5cccc(I)c5)CC[C@@]4(C)C3=CC[C@@]21C. The van der Waals surface area contributed by atoms with Crippen LogP contribution in [0.25, 0.3) is 0 Å². The summed E-state index contributed by atoms with van der Waals surface area (Å²) in [6, 6.07) is 7.60. The molecule has 5 rings (SSSR count). The molecule has 0 spiro atoms. The Labute approximate surface area is 217 Å². The highest BCUT2D eigenvalue weighted by atomic mass is 127. The van der Waals surface area contributed by atoms with Crippen LogP contribution in [-0.4, -0.2) is 28.6 Å². The van der Waals surface area contributed by atoms with Crippen molar-refractivity contribution in [1.82, 2.24) is 0 Å². The molecule has 0 heterocycles. The number of ketones is 1. The largest absolute Gasteiger partial charge is 0.459 e. The van der Waals surface area contributed by atoms with Crippen LogP contribution in [0.5, 0.6) is 0 Å². The highest BCUT2D eigenvalue weighted by molar-refractivity contribution is 14.1. The van der Waals surface area contributed by atoms with Gasteiger partial charge in [0.1, 0.15) is 11.7 Å². The van der Waals surface area contributed by atoms with E-state index in [1.54, 1.807) is 12.5 Å². The van der Waals surface area contributed by atoms with Crippen molar-refractivity contribution >= 4 is 34.3 Å². The first kappa shape index (κ1) is 24.5. The second-order valence-electron chi connectivity index (χ2n) is 12.0. The Bertz CT molecular complexity index is 1050. The monoisotopic (exact) mass is 576 g/mol.